The smallest absolute Gasteiger partial charge is 0.277 e. The van der Waals surface area contributed by atoms with Gasteiger partial charge < -0.3 is 4.74 Å². The second kappa shape index (κ2) is 7.63. The largest absolute Gasteiger partial charge is 0.495 e. The maximum absolute atomic E-state index is 13.6. The number of nitrogens with one attached hydrogen (secondary N) is 1. The summed E-state index contributed by atoms with van der Waals surface area (Å²) in [7, 11) is 1.58. The van der Waals surface area contributed by atoms with Gasteiger partial charge in [0.1, 0.15) is 17.3 Å². The van der Waals surface area contributed by atoms with E-state index in [1.54, 1.807) is 24.1 Å². The first-order chi connectivity index (χ1) is 13.9. The lowest BCUT2D eigenvalue weighted by atomic mass is 9.95. The van der Waals surface area contributed by atoms with Crippen LogP contribution in [0.15, 0.2) is 46.9 Å². The third kappa shape index (κ3) is 3.44. The normalized spacial score (nSPS) is 15.9. The third-order valence-electron chi connectivity index (χ3n) is 5.05. The Hall–Kier alpha value is -2.67. The molecule has 7 heteroatoms. The quantitative estimate of drug-likeness (QED) is 0.567. The van der Waals surface area contributed by atoms with Crippen molar-refractivity contribution in [1.29, 1.82) is 0 Å². The fourth-order valence-electron chi connectivity index (χ4n) is 3.78. The van der Waals surface area contributed by atoms with E-state index in [0.717, 1.165) is 27.7 Å². The van der Waals surface area contributed by atoms with Crippen LogP contribution in [0.4, 0.5) is 10.1 Å². The SMILES string of the molecule is COc1cc(N2C(=O)c3[nH]nc(CC(C)C)c3C2c2ccc(F)cc2)ccc1Br. The number of rotatable bonds is 5. The summed E-state index contributed by atoms with van der Waals surface area (Å²) in [6.07, 6.45) is 0.744. The van der Waals surface area contributed by atoms with Crippen molar-refractivity contribution < 1.29 is 13.9 Å². The number of hydrogen-bond acceptors (Lipinski definition) is 3. The number of aromatic nitrogens is 2. The van der Waals surface area contributed by atoms with Gasteiger partial charge in [-0.1, -0.05) is 26.0 Å². The number of aromatic amines is 1. The fourth-order valence-corrected chi connectivity index (χ4v) is 4.19. The minimum Gasteiger partial charge on any atom is -0.495 e. The first-order valence-corrected chi connectivity index (χ1v) is 10.2. The molecule has 0 bridgehead atoms. The monoisotopic (exact) mass is 457 g/mol. The molecule has 150 valence electrons. The van der Waals surface area contributed by atoms with Crippen molar-refractivity contribution in [2.45, 2.75) is 26.3 Å². The summed E-state index contributed by atoms with van der Waals surface area (Å²) in [6, 6.07) is 11.4. The Morgan fingerprint density at radius 1 is 1.24 bits per heavy atom. The molecule has 1 unspecified atom stereocenters. The lowest BCUT2D eigenvalue weighted by molar-refractivity contribution is 0.0988. The van der Waals surface area contributed by atoms with Crippen molar-refractivity contribution in [2.24, 2.45) is 5.92 Å². The number of carbonyl (C=O) groups is 1. The zero-order chi connectivity index (χ0) is 20.7. The van der Waals surface area contributed by atoms with Gasteiger partial charge in [-0.15, -0.1) is 0 Å². The van der Waals surface area contributed by atoms with Crippen LogP contribution in [0, 0.1) is 11.7 Å². The molecule has 5 nitrogen and oxygen atoms in total. The highest BCUT2D eigenvalue weighted by molar-refractivity contribution is 9.10. The van der Waals surface area contributed by atoms with Gasteiger partial charge in [-0.25, -0.2) is 4.39 Å². The Labute approximate surface area is 177 Å². The highest BCUT2D eigenvalue weighted by Crippen LogP contribution is 2.44. The van der Waals surface area contributed by atoms with E-state index in [4.69, 9.17) is 4.74 Å². The summed E-state index contributed by atoms with van der Waals surface area (Å²) >= 11 is 3.46. The summed E-state index contributed by atoms with van der Waals surface area (Å²) in [5.41, 5.74) is 3.73. The lowest BCUT2D eigenvalue weighted by Crippen LogP contribution is -2.29. The van der Waals surface area contributed by atoms with Gasteiger partial charge in [0, 0.05) is 17.3 Å². The summed E-state index contributed by atoms with van der Waals surface area (Å²) in [6.45, 7) is 4.23. The molecule has 2 heterocycles. The standard InChI is InChI=1S/C22H21BrFN3O2/c1-12(2)10-17-19-20(26-25-17)22(28)27(15-8-9-16(23)18(11-15)29-3)21(19)13-4-6-14(24)7-5-13/h4-9,11-12,21H,10H2,1-3H3,(H,25,26). The van der Waals surface area contributed by atoms with Gasteiger partial charge in [0.25, 0.3) is 5.91 Å². The number of benzene rings is 2. The molecule has 1 aromatic heterocycles. The summed E-state index contributed by atoms with van der Waals surface area (Å²) in [4.78, 5) is 15.1. The van der Waals surface area contributed by atoms with Gasteiger partial charge in [0.2, 0.25) is 0 Å². The zero-order valence-electron chi connectivity index (χ0n) is 16.4. The van der Waals surface area contributed by atoms with Crippen LogP contribution in [0.5, 0.6) is 5.75 Å². The van der Waals surface area contributed by atoms with Crippen molar-refractivity contribution >= 4 is 27.5 Å². The molecule has 0 fully saturated rings. The van der Waals surface area contributed by atoms with E-state index in [9.17, 15) is 9.18 Å². The number of hydrogen-bond donors (Lipinski definition) is 1. The number of methoxy groups -OCH3 is 1. The molecular formula is C22H21BrFN3O2. The molecule has 0 radical (unpaired) electrons. The number of carbonyl (C=O) groups excluding carboxylic acids is 1. The molecule has 1 N–H and O–H groups in total. The molecule has 1 aliphatic rings. The van der Waals surface area contributed by atoms with Crippen LogP contribution in [0.25, 0.3) is 0 Å². The van der Waals surface area contributed by atoms with E-state index >= 15 is 0 Å². The predicted octanol–water partition coefficient (Wildman–Crippen LogP) is 5.27. The van der Waals surface area contributed by atoms with E-state index in [2.05, 4.69) is 40.0 Å². The molecule has 4 rings (SSSR count). The van der Waals surface area contributed by atoms with Crippen LogP contribution in [0.2, 0.25) is 0 Å². The van der Waals surface area contributed by atoms with Crippen molar-refractivity contribution in [1.82, 2.24) is 10.2 Å². The molecule has 1 amide bonds. The van der Waals surface area contributed by atoms with Crippen LogP contribution < -0.4 is 9.64 Å². The summed E-state index contributed by atoms with van der Waals surface area (Å²) in [5.74, 6) is 0.531. The second-order valence-corrected chi connectivity index (χ2v) is 8.36. The number of fused-ring (bicyclic) bond motifs is 1. The average molecular weight is 458 g/mol. The molecule has 1 aliphatic heterocycles. The van der Waals surface area contributed by atoms with Gasteiger partial charge in [-0.05, 0) is 58.1 Å². The molecule has 2 aromatic carbocycles. The van der Waals surface area contributed by atoms with E-state index < -0.39 is 6.04 Å². The number of nitrogens with zero attached hydrogens (tertiary/aromatic N) is 2. The van der Waals surface area contributed by atoms with Crippen molar-refractivity contribution in [2.75, 3.05) is 12.0 Å². The number of anilines is 1. The molecule has 0 saturated heterocycles. The maximum atomic E-state index is 13.6. The first kappa shape index (κ1) is 19.6. The number of amides is 1. The van der Waals surface area contributed by atoms with Gasteiger partial charge in [-0.3, -0.25) is 14.8 Å². The van der Waals surface area contributed by atoms with Gasteiger partial charge >= 0.3 is 0 Å². The molecule has 1 atom stereocenters. The van der Waals surface area contributed by atoms with E-state index in [1.807, 2.05) is 18.2 Å². The predicted molar refractivity (Wildman–Crippen MR) is 113 cm³/mol. The second-order valence-electron chi connectivity index (χ2n) is 7.51. The number of H-pyrrole nitrogens is 1. The van der Waals surface area contributed by atoms with Crippen LogP contribution in [0.3, 0.4) is 0 Å². The van der Waals surface area contributed by atoms with Gasteiger partial charge in [-0.2, -0.15) is 5.10 Å². The lowest BCUT2D eigenvalue weighted by Gasteiger charge is -2.27. The van der Waals surface area contributed by atoms with Gasteiger partial charge in [0.15, 0.2) is 0 Å². The molecule has 0 saturated carbocycles. The van der Waals surface area contributed by atoms with Crippen molar-refractivity contribution in [3.05, 3.63) is 75.3 Å². The average Bonchev–Trinajstić information content (AvgIpc) is 3.22. The van der Waals surface area contributed by atoms with Crippen LogP contribution in [-0.4, -0.2) is 23.2 Å². The van der Waals surface area contributed by atoms with E-state index in [0.29, 0.717) is 23.0 Å². The number of halogens is 2. The zero-order valence-corrected chi connectivity index (χ0v) is 18.0. The topological polar surface area (TPSA) is 58.2 Å². The molecular weight excluding hydrogens is 437 g/mol. The Morgan fingerprint density at radius 3 is 2.62 bits per heavy atom. The fraction of sp³-hybridized carbons (Fsp3) is 0.273. The maximum Gasteiger partial charge on any atom is 0.277 e. The third-order valence-corrected chi connectivity index (χ3v) is 5.70. The van der Waals surface area contributed by atoms with Crippen LogP contribution in [-0.2, 0) is 6.42 Å². The first-order valence-electron chi connectivity index (χ1n) is 9.40. The van der Waals surface area contributed by atoms with Crippen molar-refractivity contribution in [3.8, 4) is 5.75 Å². The minimum absolute atomic E-state index is 0.166. The van der Waals surface area contributed by atoms with Crippen molar-refractivity contribution in [3.63, 3.8) is 0 Å². The molecule has 3 aromatic rings. The molecule has 0 aliphatic carbocycles. The number of ether oxygens (including phenoxy) is 1. The summed E-state index contributed by atoms with van der Waals surface area (Å²) in [5, 5.41) is 7.36. The van der Waals surface area contributed by atoms with Crippen LogP contribution in [0.1, 0.15) is 47.2 Å². The van der Waals surface area contributed by atoms with Gasteiger partial charge in [0.05, 0.1) is 23.3 Å². The van der Waals surface area contributed by atoms with E-state index in [-0.39, 0.29) is 11.7 Å². The Morgan fingerprint density at radius 2 is 1.97 bits per heavy atom. The summed E-state index contributed by atoms with van der Waals surface area (Å²) < 4.78 is 19.8. The Balaban J connectivity index is 1.89. The van der Waals surface area contributed by atoms with Crippen LogP contribution >= 0.6 is 15.9 Å². The highest BCUT2D eigenvalue weighted by Gasteiger charge is 2.42. The minimum atomic E-state index is -0.392. The highest BCUT2D eigenvalue weighted by atomic mass is 79.9. The van der Waals surface area contributed by atoms with E-state index in [1.165, 1.54) is 12.1 Å². The Bertz CT molecular complexity index is 1060. The molecule has 0 spiro atoms. The molecule has 29 heavy (non-hydrogen) atoms. The Kier molecular flexibility index (Phi) is 5.17.